The number of hydrogen-bond donors (Lipinski definition) is 0. The normalized spacial score (nSPS) is 13.3. The van der Waals surface area contributed by atoms with Crippen LogP contribution in [0.25, 0.3) is 0 Å². The van der Waals surface area contributed by atoms with Crippen LogP contribution in [0.15, 0.2) is 47.4 Å². The van der Waals surface area contributed by atoms with Crippen molar-refractivity contribution in [3.8, 4) is 0 Å². The fourth-order valence-electron chi connectivity index (χ4n) is 3.01. The minimum Gasteiger partial charge on any atom is -0.460 e. The molecule has 0 fully saturated rings. The first-order valence-corrected chi connectivity index (χ1v) is 10.8. The van der Waals surface area contributed by atoms with E-state index in [2.05, 4.69) is 0 Å². The Kier molecular flexibility index (Phi) is 6.14. The van der Waals surface area contributed by atoms with Crippen LogP contribution in [0.1, 0.15) is 29.8 Å². The monoisotopic (exact) mass is 437 g/mol. The van der Waals surface area contributed by atoms with Gasteiger partial charge in [0.25, 0.3) is 10.0 Å². The largest absolute Gasteiger partial charge is 0.460 e. The van der Waals surface area contributed by atoms with Gasteiger partial charge in [-0.15, -0.1) is 0 Å². The number of carbonyl (C=O) groups excluding carboxylic acids is 2. The number of rotatable bonds is 6. The van der Waals surface area contributed by atoms with E-state index in [1.807, 2.05) is 12.1 Å². The number of hydrogen-bond acceptors (Lipinski definition) is 6. The summed E-state index contributed by atoms with van der Waals surface area (Å²) in [5.41, 5.74) is 1.48. The molecule has 0 N–H and O–H groups in total. The van der Waals surface area contributed by atoms with E-state index in [1.54, 1.807) is 26.0 Å². The molecule has 0 spiro atoms. The Morgan fingerprint density at radius 1 is 1.17 bits per heavy atom. The van der Waals surface area contributed by atoms with Crippen molar-refractivity contribution in [3.63, 3.8) is 0 Å². The third-order valence-electron chi connectivity index (χ3n) is 4.27. The van der Waals surface area contributed by atoms with Crippen LogP contribution in [0.5, 0.6) is 0 Å². The van der Waals surface area contributed by atoms with Crippen molar-refractivity contribution < 1.29 is 27.5 Å². The molecule has 3 rings (SSSR count). The zero-order valence-corrected chi connectivity index (χ0v) is 17.5. The third-order valence-corrected chi connectivity index (χ3v) is 6.56. The molecule has 0 bridgehead atoms. The number of benzene rings is 2. The molecule has 7 nitrogen and oxygen atoms in total. The molecule has 0 radical (unpaired) electrons. The maximum absolute atomic E-state index is 13.2. The van der Waals surface area contributed by atoms with Crippen molar-refractivity contribution in [2.45, 2.75) is 31.3 Å². The zero-order chi connectivity index (χ0) is 21.2. The molecule has 0 aromatic heterocycles. The molecular formula is C20H20ClNO6S. The van der Waals surface area contributed by atoms with Crippen LogP contribution >= 0.6 is 11.6 Å². The van der Waals surface area contributed by atoms with Gasteiger partial charge in [0.05, 0.1) is 22.4 Å². The van der Waals surface area contributed by atoms with E-state index in [-0.39, 0.29) is 28.1 Å². The van der Waals surface area contributed by atoms with Crippen LogP contribution in [0.3, 0.4) is 0 Å². The van der Waals surface area contributed by atoms with E-state index in [1.165, 1.54) is 16.4 Å². The number of ether oxygens (including phenoxy) is 2. The van der Waals surface area contributed by atoms with Crippen LogP contribution < -0.4 is 4.31 Å². The van der Waals surface area contributed by atoms with E-state index < -0.39 is 28.6 Å². The summed E-state index contributed by atoms with van der Waals surface area (Å²) in [7, 11) is -3.98. The number of para-hydroxylation sites is 1. The van der Waals surface area contributed by atoms with E-state index >= 15 is 0 Å². The fraction of sp³-hybridized carbons (Fsp3) is 0.300. The molecule has 29 heavy (non-hydrogen) atoms. The summed E-state index contributed by atoms with van der Waals surface area (Å²) in [6, 6.07) is 11.0. The Hall–Kier alpha value is -2.58. The van der Waals surface area contributed by atoms with Crippen molar-refractivity contribution in [1.82, 2.24) is 0 Å². The van der Waals surface area contributed by atoms with Crippen LogP contribution in [-0.2, 0) is 30.7 Å². The number of esters is 2. The highest BCUT2D eigenvalue weighted by molar-refractivity contribution is 7.93. The number of anilines is 1. The second kappa shape index (κ2) is 8.42. The maximum Gasteiger partial charge on any atom is 0.344 e. The van der Waals surface area contributed by atoms with E-state index in [0.29, 0.717) is 12.1 Å². The standard InChI is InChI=1S/C20H20ClNO6S/c1-13(2)28-19(23)12-27-20(24)15-7-8-16(21)18(11-15)29(25,26)22-10-9-14-5-3-4-6-17(14)22/h3-8,11,13H,9-10,12H2,1-2H3. The summed E-state index contributed by atoms with van der Waals surface area (Å²) in [5.74, 6) is -1.54. The van der Waals surface area contributed by atoms with Gasteiger partial charge in [-0.1, -0.05) is 29.8 Å². The third kappa shape index (κ3) is 4.54. The van der Waals surface area contributed by atoms with E-state index in [4.69, 9.17) is 21.1 Å². The molecule has 9 heteroatoms. The van der Waals surface area contributed by atoms with Gasteiger partial charge in [-0.2, -0.15) is 0 Å². The Morgan fingerprint density at radius 3 is 2.62 bits per heavy atom. The Balaban J connectivity index is 1.84. The molecule has 0 aliphatic carbocycles. The number of fused-ring (bicyclic) bond motifs is 1. The Bertz CT molecular complexity index is 1050. The number of carbonyl (C=O) groups is 2. The van der Waals surface area contributed by atoms with Crippen LogP contribution in [-0.4, -0.2) is 39.6 Å². The predicted molar refractivity (Wildman–Crippen MR) is 108 cm³/mol. The lowest BCUT2D eigenvalue weighted by molar-refractivity contribution is -0.150. The van der Waals surface area contributed by atoms with Gasteiger partial charge in [0.1, 0.15) is 4.90 Å². The van der Waals surface area contributed by atoms with Crippen molar-refractivity contribution in [2.75, 3.05) is 17.5 Å². The average Bonchev–Trinajstić information content (AvgIpc) is 3.10. The average molecular weight is 438 g/mol. The van der Waals surface area contributed by atoms with Crippen molar-refractivity contribution in [1.29, 1.82) is 0 Å². The molecule has 0 atom stereocenters. The zero-order valence-electron chi connectivity index (χ0n) is 15.9. The molecule has 0 saturated heterocycles. The maximum atomic E-state index is 13.2. The first-order valence-electron chi connectivity index (χ1n) is 8.97. The molecule has 0 saturated carbocycles. The lowest BCUT2D eigenvalue weighted by Crippen LogP contribution is -2.29. The quantitative estimate of drug-likeness (QED) is 0.644. The summed E-state index contributed by atoms with van der Waals surface area (Å²) in [4.78, 5) is 23.6. The fourth-order valence-corrected chi connectivity index (χ4v) is 5.02. The van der Waals surface area contributed by atoms with E-state index in [0.717, 1.165) is 11.6 Å². The Morgan fingerprint density at radius 2 is 1.90 bits per heavy atom. The summed E-state index contributed by atoms with van der Waals surface area (Å²) in [6.45, 7) is 3.06. The summed E-state index contributed by atoms with van der Waals surface area (Å²) in [5, 5.41) is -0.00912. The first kappa shape index (κ1) is 21.1. The molecule has 0 unspecified atom stereocenters. The molecule has 2 aromatic carbocycles. The van der Waals surface area contributed by atoms with Gasteiger partial charge in [-0.3, -0.25) is 4.31 Å². The minimum atomic E-state index is -3.98. The molecule has 2 aromatic rings. The van der Waals surface area contributed by atoms with Crippen LogP contribution in [0.2, 0.25) is 5.02 Å². The van der Waals surface area contributed by atoms with Crippen LogP contribution in [0, 0.1) is 0 Å². The van der Waals surface area contributed by atoms with Gasteiger partial charge in [-0.25, -0.2) is 18.0 Å². The van der Waals surface area contributed by atoms with Gasteiger partial charge >= 0.3 is 11.9 Å². The van der Waals surface area contributed by atoms with E-state index in [9.17, 15) is 18.0 Å². The minimum absolute atomic E-state index is 0.00912. The molecule has 1 heterocycles. The Labute approximate surface area is 174 Å². The van der Waals surface area contributed by atoms with Gasteiger partial charge in [0.15, 0.2) is 6.61 Å². The second-order valence-electron chi connectivity index (χ2n) is 6.72. The first-order chi connectivity index (χ1) is 13.7. The van der Waals surface area contributed by atoms with Crippen LogP contribution in [0.4, 0.5) is 5.69 Å². The van der Waals surface area contributed by atoms with Gasteiger partial charge in [-0.05, 0) is 50.1 Å². The highest BCUT2D eigenvalue weighted by Gasteiger charge is 2.32. The summed E-state index contributed by atoms with van der Waals surface area (Å²) >= 11 is 6.14. The molecule has 1 aliphatic rings. The predicted octanol–water partition coefficient (Wildman–Crippen LogP) is 3.20. The molecule has 0 amide bonds. The summed E-state index contributed by atoms with van der Waals surface area (Å²) in [6.07, 6.45) is 0.254. The van der Waals surface area contributed by atoms with Crippen molar-refractivity contribution in [2.24, 2.45) is 0 Å². The number of nitrogens with zero attached hydrogens (tertiary/aromatic N) is 1. The molecular weight excluding hydrogens is 418 g/mol. The van der Waals surface area contributed by atoms with Gasteiger partial charge < -0.3 is 9.47 Å². The topological polar surface area (TPSA) is 90.0 Å². The van der Waals surface area contributed by atoms with Gasteiger partial charge in [0, 0.05) is 6.54 Å². The highest BCUT2D eigenvalue weighted by atomic mass is 35.5. The van der Waals surface area contributed by atoms with Crippen molar-refractivity contribution >= 4 is 39.3 Å². The summed E-state index contributed by atoms with van der Waals surface area (Å²) < 4.78 is 37.5. The highest BCUT2D eigenvalue weighted by Crippen LogP contribution is 2.35. The van der Waals surface area contributed by atoms with Crippen molar-refractivity contribution in [3.05, 3.63) is 58.6 Å². The lowest BCUT2D eigenvalue weighted by Gasteiger charge is -2.20. The smallest absolute Gasteiger partial charge is 0.344 e. The molecule has 154 valence electrons. The van der Waals surface area contributed by atoms with Gasteiger partial charge in [0.2, 0.25) is 0 Å². The molecule has 1 aliphatic heterocycles. The SMILES string of the molecule is CC(C)OC(=O)COC(=O)c1ccc(Cl)c(S(=O)(=O)N2CCc3ccccc32)c1. The number of halogens is 1. The lowest BCUT2D eigenvalue weighted by atomic mass is 10.2. The second-order valence-corrected chi connectivity index (χ2v) is 8.95. The number of sulfonamides is 1.